The number of Topliss-reactive ketones (excluding diaryl/α,β-unsaturated/α-hetero) is 1. The first-order chi connectivity index (χ1) is 15.4. The number of aliphatic hydroxyl groups is 1. The number of hydrogen-bond acceptors (Lipinski definition) is 6. The standard InChI is InChI=1S/C25H30N2O5/c1-26(2)15-16-27-22(18-11-8-12-20(31-3)24(18)32-4)21(23(29)25(27)30)19(28)14-13-17-9-6-5-7-10-17/h5-12,22,29H,13-16H2,1-4H3. The number of hydrogen-bond donors (Lipinski definition) is 1. The topological polar surface area (TPSA) is 79.3 Å². The Bertz CT molecular complexity index is 1000. The first kappa shape index (κ1) is 23.3. The van der Waals surface area contributed by atoms with Gasteiger partial charge in [-0.2, -0.15) is 0 Å². The van der Waals surface area contributed by atoms with E-state index in [1.807, 2.05) is 49.3 Å². The van der Waals surface area contributed by atoms with Crippen LogP contribution in [0.3, 0.4) is 0 Å². The highest BCUT2D eigenvalue weighted by Gasteiger charge is 2.44. The number of aliphatic hydroxyl groups excluding tert-OH is 1. The van der Waals surface area contributed by atoms with Gasteiger partial charge in [0, 0.05) is 25.1 Å². The molecule has 1 N–H and O–H groups in total. The van der Waals surface area contributed by atoms with Crippen LogP contribution in [0.4, 0.5) is 0 Å². The summed E-state index contributed by atoms with van der Waals surface area (Å²) < 4.78 is 11.0. The number of rotatable bonds is 10. The fourth-order valence-corrected chi connectivity index (χ4v) is 3.96. The molecule has 7 heteroatoms. The molecule has 1 heterocycles. The first-order valence-corrected chi connectivity index (χ1v) is 10.6. The van der Waals surface area contributed by atoms with Crippen molar-refractivity contribution in [2.24, 2.45) is 0 Å². The number of methoxy groups -OCH3 is 2. The molecule has 1 aliphatic heterocycles. The molecule has 0 saturated carbocycles. The Balaban J connectivity index is 2.01. The van der Waals surface area contributed by atoms with Gasteiger partial charge in [-0.15, -0.1) is 0 Å². The molecule has 0 saturated heterocycles. The number of carbonyl (C=O) groups is 2. The zero-order valence-corrected chi connectivity index (χ0v) is 19.0. The average molecular weight is 439 g/mol. The van der Waals surface area contributed by atoms with Crippen molar-refractivity contribution in [3.8, 4) is 11.5 Å². The predicted molar refractivity (Wildman–Crippen MR) is 122 cm³/mol. The summed E-state index contributed by atoms with van der Waals surface area (Å²) in [4.78, 5) is 29.8. The van der Waals surface area contributed by atoms with Gasteiger partial charge in [-0.25, -0.2) is 0 Å². The quantitative estimate of drug-likeness (QED) is 0.614. The molecule has 0 fully saturated rings. The van der Waals surface area contributed by atoms with Gasteiger partial charge in [0.05, 0.1) is 25.8 Å². The van der Waals surface area contributed by atoms with Crippen molar-refractivity contribution in [3.63, 3.8) is 0 Å². The van der Waals surface area contributed by atoms with E-state index in [4.69, 9.17) is 9.47 Å². The van der Waals surface area contributed by atoms with Gasteiger partial charge >= 0.3 is 0 Å². The molecule has 2 aromatic rings. The summed E-state index contributed by atoms with van der Waals surface area (Å²) in [5, 5.41) is 10.8. The lowest BCUT2D eigenvalue weighted by Crippen LogP contribution is -2.36. The van der Waals surface area contributed by atoms with Crippen LogP contribution in [-0.2, 0) is 16.0 Å². The highest BCUT2D eigenvalue weighted by molar-refractivity contribution is 6.09. The van der Waals surface area contributed by atoms with E-state index >= 15 is 0 Å². The van der Waals surface area contributed by atoms with Crippen molar-refractivity contribution in [3.05, 3.63) is 71.0 Å². The van der Waals surface area contributed by atoms with Gasteiger partial charge in [-0.05, 0) is 32.1 Å². The molecule has 7 nitrogen and oxygen atoms in total. The first-order valence-electron chi connectivity index (χ1n) is 10.6. The fourth-order valence-electron chi connectivity index (χ4n) is 3.96. The lowest BCUT2D eigenvalue weighted by Gasteiger charge is -2.29. The molecule has 170 valence electrons. The SMILES string of the molecule is COc1cccc(C2C(C(=O)CCc3ccccc3)=C(O)C(=O)N2CCN(C)C)c1OC. The second kappa shape index (κ2) is 10.3. The molecular formula is C25H30N2O5. The molecule has 0 spiro atoms. The minimum absolute atomic E-state index is 0.108. The third-order valence-electron chi connectivity index (χ3n) is 5.60. The number of benzene rings is 2. The van der Waals surface area contributed by atoms with Crippen LogP contribution in [0.5, 0.6) is 11.5 Å². The van der Waals surface area contributed by atoms with Gasteiger partial charge in [0.25, 0.3) is 5.91 Å². The van der Waals surface area contributed by atoms with E-state index < -0.39 is 17.7 Å². The highest BCUT2D eigenvalue weighted by atomic mass is 16.5. The van der Waals surface area contributed by atoms with Crippen LogP contribution in [0, 0.1) is 0 Å². The van der Waals surface area contributed by atoms with Crippen molar-refractivity contribution in [1.29, 1.82) is 0 Å². The second-order valence-corrected chi connectivity index (χ2v) is 7.96. The molecule has 3 rings (SSSR count). The largest absolute Gasteiger partial charge is 0.503 e. The van der Waals surface area contributed by atoms with Crippen LogP contribution >= 0.6 is 0 Å². The monoisotopic (exact) mass is 438 g/mol. The fraction of sp³-hybridized carbons (Fsp3) is 0.360. The van der Waals surface area contributed by atoms with Crippen LogP contribution in [0.1, 0.15) is 23.6 Å². The Morgan fingerprint density at radius 3 is 2.41 bits per heavy atom. The Kier molecular flexibility index (Phi) is 7.53. The Morgan fingerprint density at radius 2 is 1.78 bits per heavy atom. The smallest absolute Gasteiger partial charge is 0.290 e. The summed E-state index contributed by atoms with van der Waals surface area (Å²) >= 11 is 0. The molecule has 0 aromatic heterocycles. The third-order valence-corrected chi connectivity index (χ3v) is 5.60. The summed E-state index contributed by atoms with van der Waals surface area (Å²) in [6.07, 6.45) is 0.700. The maximum Gasteiger partial charge on any atom is 0.290 e. The van der Waals surface area contributed by atoms with Gasteiger partial charge in [0.1, 0.15) is 0 Å². The number of aryl methyl sites for hydroxylation is 1. The lowest BCUT2D eigenvalue weighted by atomic mass is 9.92. The van der Waals surface area contributed by atoms with Crippen molar-refractivity contribution < 1.29 is 24.2 Å². The minimum Gasteiger partial charge on any atom is -0.503 e. The van der Waals surface area contributed by atoms with Crippen molar-refractivity contribution >= 4 is 11.7 Å². The summed E-state index contributed by atoms with van der Waals surface area (Å²) in [6.45, 7) is 0.920. The number of ether oxygens (including phenoxy) is 2. The van der Waals surface area contributed by atoms with E-state index in [-0.39, 0.29) is 17.8 Å². The van der Waals surface area contributed by atoms with Crippen LogP contribution in [-0.4, -0.2) is 68.0 Å². The van der Waals surface area contributed by atoms with Crippen molar-refractivity contribution in [1.82, 2.24) is 9.80 Å². The maximum absolute atomic E-state index is 13.3. The van der Waals surface area contributed by atoms with Crippen LogP contribution in [0.15, 0.2) is 59.9 Å². The Labute approximate surface area is 188 Å². The molecule has 0 aliphatic carbocycles. The number of ketones is 1. The summed E-state index contributed by atoms with van der Waals surface area (Å²) in [5.41, 5.74) is 1.73. The van der Waals surface area contributed by atoms with E-state index in [1.165, 1.54) is 19.1 Å². The lowest BCUT2D eigenvalue weighted by molar-refractivity contribution is -0.129. The summed E-state index contributed by atoms with van der Waals surface area (Å²) in [7, 11) is 6.86. The zero-order chi connectivity index (χ0) is 23.3. The maximum atomic E-state index is 13.3. The molecule has 1 atom stereocenters. The normalized spacial score (nSPS) is 16.1. The molecule has 1 amide bonds. The third kappa shape index (κ3) is 4.78. The minimum atomic E-state index is -0.754. The summed E-state index contributed by atoms with van der Waals surface area (Å²) in [6, 6.07) is 14.2. The van der Waals surface area contributed by atoms with Gasteiger partial charge in [-0.1, -0.05) is 42.5 Å². The molecule has 1 unspecified atom stereocenters. The highest BCUT2D eigenvalue weighted by Crippen LogP contribution is 2.44. The number of likely N-dealkylation sites (N-methyl/N-ethyl adjacent to an activating group) is 1. The number of carbonyl (C=O) groups excluding carboxylic acids is 2. The van der Waals surface area contributed by atoms with Crippen LogP contribution in [0.2, 0.25) is 0 Å². The molecule has 0 bridgehead atoms. The van der Waals surface area contributed by atoms with E-state index in [0.29, 0.717) is 36.6 Å². The van der Waals surface area contributed by atoms with E-state index in [2.05, 4.69) is 0 Å². The molecule has 0 radical (unpaired) electrons. The van der Waals surface area contributed by atoms with Gasteiger partial charge in [0.15, 0.2) is 23.0 Å². The Hall–Kier alpha value is -3.32. The Morgan fingerprint density at radius 1 is 1.06 bits per heavy atom. The predicted octanol–water partition coefficient (Wildman–Crippen LogP) is 3.16. The molecular weight excluding hydrogens is 408 g/mol. The molecule has 2 aromatic carbocycles. The van der Waals surface area contributed by atoms with Crippen LogP contribution in [0.25, 0.3) is 0 Å². The zero-order valence-electron chi connectivity index (χ0n) is 19.0. The molecule has 1 aliphatic rings. The van der Waals surface area contributed by atoms with Gasteiger partial charge in [-0.3, -0.25) is 9.59 Å². The van der Waals surface area contributed by atoms with Gasteiger partial charge in [0.2, 0.25) is 0 Å². The van der Waals surface area contributed by atoms with Gasteiger partial charge < -0.3 is 24.4 Å². The number of amides is 1. The van der Waals surface area contributed by atoms with E-state index in [0.717, 1.165) is 5.56 Å². The number of nitrogens with zero attached hydrogens (tertiary/aromatic N) is 2. The van der Waals surface area contributed by atoms with E-state index in [1.54, 1.807) is 18.2 Å². The van der Waals surface area contributed by atoms with E-state index in [9.17, 15) is 14.7 Å². The molecule has 32 heavy (non-hydrogen) atoms. The summed E-state index contributed by atoms with van der Waals surface area (Å²) in [5.74, 6) is -0.374. The second-order valence-electron chi connectivity index (χ2n) is 7.96. The van der Waals surface area contributed by atoms with Crippen LogP contribution < -0.4 is 9.47 Å². The average Bonchev–Trinajstić information content (AvgIpc) is 3.05. The number of para-hydroxylation sites is 1. The van der Waals surface area contributed by atoms with Crippen molar-refractivity contribution in [2.45, 2.75) is 18.9 Å². The van der Waals surface area contributed by atoms with Crippen molar-refractivity contribution in [2.75, 3.05) is 41.4 Å².